The Labute approximate surface area is 117 Å². The molecule has 5 nitrogen and oxygen atoms in total. The lowest BCUT2D eigenvalue weighted by Gasteiger charge is -2.40. The Bertz CT molecular complexity index is 581. The first-order valence-electron chi connectivity index (χ1n) is 6.70. The Balaban J connectivity index is 2.07. The zero-order valence-electron chi connectivity index (χ0n) is 11.6. The van der Waals surface area contributed by atoms with E-state index in [0.717, 1.165) is 17.5 Å². The third-order valence-corrected chi connectivity index (χ3v) is 4.09. The highest BCUT2D eigenvalue weighted by Crippen LogP contribution is 2.41. The fourth-order valence-corrected chi connectivity index (χ4v) is 3.10. The predicted octanol–water partition coefficient (Wildman–Crippen LogP) is 1.49. The number of methoxy groups -OCH3 is 2. The highest BCUT2D eigenvalue weighted by Gasteiger charge is 2.37. The van der Waals surface area contributed by atoms with Crippen molar-refractivity contribution in [2.45, 2.75) is 25.3 Å². The summed E-state index contributed by atoms with van der Waals surface area (Å²) in [7, 11) is 3.19. The van der Waals surface area contributed by atoms with Gasteiger partial charge in [0.05, 0.1) is 26.7 Å². The van der Waals surface area contributed by atoms with Crippen LogP contribution in [0.4, 0.5) is 0 Å². The van der Waals surface area contributed by atoms with E-state index >= 15 is 0 Å². The van der Waals surface area contributed by atoms with Crippen LogP contribution in [0.1, 0.15) is 30.0 Å². The van der Waals surface area contributed by atoms with Crippen LogP contribution in [0.3, 0.4) is 0 Å². The first kappa shape index (κ1) is 13.0. The average molecular weight is 275 g/mol. The predicted molar refractivity (Wildman–Crippen MR) is 71.9 cm³/mol. The molecule has 1 aromatic rings. The normalized spacial score (nSPS) is 21.3. The van der Waals surface area contributed by atoms with Crippen LogP contribution in [0.5, 0.6) is 11.5 Å². The fraction of sp³-hybridized carbons (Fsp3) is 0.467. The number of amides is 1. The van der Waals surface area contributed by atoms with Gasteiger partial charge in [-0.05, 0) is 29.7 Å². The van der Waals surface area contributed by atoms with E-state index in [1.54, 1.807) is 14.2 Å². The molecule has 1 atom stereocenters. The van der Waals surface area contributed by atoms with E-state index < -0.39 is 0 Å². The number of benzene rings is 1. The van der Waals surface area contributed by atoms with E-state index in [2.05, 4.69) is 0 Å². The molecule has 20 heavy (non-hydrogen) atoms. The van der Waals surface area contributed by atoms with E-state index in [1.807, 2.05) is 17.0 Å². The fourth-order valence-electron chi connectivity index (χ4n) is 3.10. The van der Waals surface area contributed by atoms with Gasteiger partial charge < -0.3 is 14.4 Å². The standard InChI is InChI=1S/C15H17NO4/c1-19-13-5-9-3-4-16-12(6-10(17)7-15(16)18)11(9)8-14(13)20-2/h5,8,12H,3-4,6-7H2,1-2H3/t12-/m1/s1. The molecule has 0 spiro atoms. The maximum Gasteiger partial charge on any atom is 0.230 e. The summed E-state index contributed by atoms with van der Waals surface area (Å²) in [5, 5.41) is 0. The highest BCUT2D eigenvalue weighted by molar-refractivity contribution is 6.01. The summed E-state index contributed by atoms with van der Waals surface area (Å²) in [6, 6.07) is 3.71. The molecule has 2 heterocycles. The Kier molecular flexibility index (Phi) is 3.12. The number of Topliss-reactive ketones (excluding diaryl/α,β-unsaturated/α-hetero) is 1. The van der Waals surface area contributed by atoms with Crippen molar-refractivity contribution < 1.29 is 19.1 Å². The summed E-state index contributed by atoms with van der Waals surface area (Å²) in [5.41, 5.74) is 2.14. The van der Waals surface area contributed by atoms with Crippen molar-refractivity contribution in [1.29, 1.82) is 0 Å². The van der Waals surface area contributed by atoms with Crippen molar-refractivity contribution in [2.75, 3.05) is 20.8 Å². The Hall–Kier alpha value is -2.04. The van der Waals surface area contributed by atoms with E-state index in [-0.39, 0.29) is 24.2 Å². The SMILES string of the molecule is COc1cc2c(cc1OC)[C@H]1CC(=O)CC(=O)N1CC2. The highest BCUT2D eigenvalue weighted by atomic mass is 16.5. The number of carbonyl (C=O) groups excluding carboxylic acids is 2. The summed E-state index contributed by atoms with van der Waals surface area (Å²) in [5.74, 6) is 1.28. The molecule has 1 saturated heterocycles. The van der Waals surface area contributed by atoms with Gasteiger partial charge in [-0.25, -0.2) is 0 Å². The average Bonchev–Trinajstić information content (AvgIpc) is 2.45. The number of hydrogen-bond donors (Lipinski definition) is 0. The molecule has 1 aromatic carbocycles. The first-order valence-corrected chi connectivity index (χ1v) is 6.70. The zero-order valence-corrected chi connectivity index (χ0v) is 11.6. The molecule has 0 radical (unpaired) electrons. The molecule has 2 aliphatic heterocycles. The smallest absolute Gasteiger partial charge is 0.230 e. The molecule has 0 N–H and O–H groups in total. The molecule has 0 unspecified atom stereocenters. The lowest BCUT2D eigenvalue weighted by atomic mass is 9.86. The lowest BCUT2D eigenvalue weighted by Crippen LogP contribution is -2.45. The second-order valence-corrected chi connectivity index (χ2v) is 5.18. The van der Waals surface area contributed by atoms with Crippen molar-refractivity contribution in [3.63, 3.8) is 0 Å². The molecular formula is C15H17NO4. The number of piperidine rings is 1. The van der Waals surface area contributed by atoms with Crippen LogP contribution in [-0.4, -0.2) is 37.4 Å². The van der Waals surface area contributed by atoms with E-state index in [9.17, 15) is 9.59 Å². The summed E-state index contributed by atoms with van der Waals surface area (Å²) >= 11 is 0. The topological polar surface area (TPSA) is 55.8 Å². The summed E-state index contributed by atoms with van der Waals surface area (Å²) in [4.78, 5) is 25.5. The van der Waals surface area contributed by atoms with E-state index in [4.69, 9.17) is 9.47 Å². The van der Waals surface area contributed by atoms with E-state index in [0.29, 0.717) is 24.5 Å². The summed E-state index contributed by atoms with van der Waals surface area (Å²) in [6.45, 7) is 0.666. The molecule has 0 aliphatic carbocycles. The van der Waals surface area contributed by atoms with Gasteiger partial charge in [-0.15, -0.1) is 0 Å². The molecular weight excluding hydrogens is 258 g/mol. The number of nitrogens with zero attached hydrogens (tertiary/aromatic N) is 1. The number of fused-ring (bicyclic) bond motifs is 3. The van der Waals surface area contributed by atoms with Gasteiger partial charge in [-0.1, -0.05) is 0 Å². The van der Waals surface area contributed by atoms with Crippen LogP contribution < -0.4 is 9.47 Å². The summed E-state index contributed by atoms with van der Waals surface area (Å²) in [6.07, 6.45) is 1.22. The van der Waals surface area contributed by atoms with Gasteiger partial charge in [0.25, 0.3) is 0 Å². The number of carbonyl (C=O) groups is 2. The monoisotopic (exact) mass is 275 g/mol. The Morgan fingerprint density at radius 1 is 1.15 bits per heavy atom. The quantitative estimate of drug-likeness (QED) is 0.767. The van der Waals surface area contributed by atoms with Crippen molar-refractivity contribution >= 4 is 11.7 Å². The van der Waals surface area contributed by atoms with E-state index in [1.165, 1.54) is 0 Å². The van der Waals surface area contributed by atoms with Crippen LogP contribution in [0, 0.1) is 0 Å². The number of rotatable bonds is 2. The maximum atomic E-state index is 12.0. The van der Waals surface area contributed by atoms with Crippen molar-refractivity contribution in [1.82, 2.24) is 4.90 Å². The van der Waals surface area contributed by atoms with Crippen LogP contribution in [0.25, 0.3) is 0 Å². The Morgan fingerprint density at radius 2 is 1.85 bits per heavy atom. The lowest BCUT2D eigenvalue weighted by molar-refractivity contribution is -0.143. The minimum absolute atomic E-state index is 0.0129. The van der Waals surface area contributed by atoms with Crippen molar-refractivity contribution in [3.8, 4) is 11.5 Å². The van der Waals surface area contributed by atoms with Gasteiger partial charge in [0.15, 0.2) is 11.5 Å². The third-order valence-electron chi connectivity index (χ3n) is 4.09. The van der Waals surface area contributed by atoms with Gasteiger partial charge >= 0.3 is 0 Å². The molecule has 2 aliphatic rings. The van der Waals surface area contributed by atoms with Crippen LogP contribution in [0.2, 0.25) is 0 Å². The minimum Gasteiger partial charge on any atom is -0.493 e. The van der Waals surface area contributed by atoms with Crippen molar-refractivity contribution in [2.24, 2.45) is 0 Å². The molecule has 0 aromatic heterocycles. The Morgan fingerprint density at radius 3 is 2.55 bits per heavy atom. The van der Waals surface area contributed by atoms with Crippen LogP contribution in [0.15, 0.2) is 12.1 Å². The molecule has 0 saturated carbocycles. The molecule has 106 valence electrons. The van der Waals surface area contributed by atoms with Gasteiger partial charge in [0.2, 0.25) is 5.91 Å². The zero-order chi connectivity index (χ0) is 14.3. The molecule has 5 heteroatoms. The second kappa shape index (κ2) is 4.81. The summed E-state index contributed by atoms with van der Waals surface area (Å²) < 4.78 is 10.6. The molecule has 1 fully saturated rings. The van der Waals surface area contributed by atoms with Crippen LogP contribution in [-0.2, 0) is 16.0 Å². The van der Waals surface area contributed by atoms with Gasteiger partial charge in [0.1, 0.15) is 5.78 Å². The van der Waals surface area contributed by atoms with Gasteiger partial charge in [0, 0.05) is 13.0 Å². The first-order chi connectivity index (χ1) is 9.63. The molecule has 0 bridgehead atoms. The molecule has 1 amide bonds. The number of ether oxygens (including phenoxy) is 2. The van der Waals surface area contributed by atoms with Crippen LogP contribution >= 0.6 is 0 Å². The largest absolute Gasteiger partial charge is 0.493 e. The maximum absolute atomic E-state index is 12.0. The van der Waals surface area contributed by atoms with Gasteiger partial charge in [-0.2, -0.15) is 0 Å². The second-order valence-electron chi connectivity index (χ2n) is 5.18. The number of hydrogen-bond acceptors (Lipinski definition) is 4. The van der Waals surface area contributed by atoms with Crippen molar-refractivity contribution in [3.05, 3.63) is 23.3 Å². The number of ketones is 1. The molecule has 3 rings (SSSR count). The third kappa shape index (κ3) is 1.94. The van der Waals surface area contributed by atoms with Gasteiger partial charge in [-0.3, -0.25) is 9.59 Å². The minimum atomic E-state index is -0.146.